The van der Waals surface area contributed by atoms with Crippen molar-refractivity contribution < 1.29 is 14.3 Å². The van der Waals surface area contributed by atoms with E-state index in [0.29, 0.717) is 34.1 Å². The second kappa shape index (κ2) is 9.23. The van der Waals surface area contributed by atoms with Crippen molar-refractivity contribution in [3.63, 3.8) is 0 Å². The van der Waals surface area contributed by atoms with Crippen molar-refractivity contribution in [1.29, 1.82) is 0 Å². The summed E-state index contributed by atoms with van der Waals surface area (Å²) in [5.41, 5.74) is 3.15. The molecule has 0 amide bonds. The molecule has 0 aliphatic rings. The highest BCUT2D eigenvalue weighted by molar-refractivity contribution is 9.10. The third kappa shape index (κ3) is 4.57. The molecule has 0 aliphatic carbocycles. The number of fused-ring (bicyclic) bond motifs is 1. The third-order valence-corrected chi connectivity index (χ3v) is 5.52. The van der Waals surface area contributed by atoms with Crippen LogP contribution in [0.2, 0.25) is 0 Å². The number of hydrogen-bond acceptors (Lipinski definition) is 4. The Kier molecular flexibility index (Phi) is 6.23. The van der Waals surface area contributed by atoms with Crippen LogP contribution in [-0.4, -0.2) is 22.8 Å². The zero-order valence-corrected chi connectivity index (χ0v) is 18.5. The van der Waals surface area contributed by atoms with E-state index in [4.69, 9.17) is 9.72 Å². The van der Waals surface area contributed by atoms with Crippen LogP contribution >= 0.6 is 15.9 Å². The summed E-state index contributed by atoms with van der Waals surface area (Å²) in [5.74, 6) is -0.752. The molecule has 0 fully saturated rings. The van der Waals surface area contributed by atoms with Crippen LogP contribution in [0.15, 0.2) is 89.4 Å². The number of carbonyl (C=O) groups excluding carboxylic acids is 2. The van der Waals surface area contributed by atoms with E-state index in [9.17, 15) is 9.59 Å². The Balaban J connectivity index is 1.74. The fraction of sp³-hybridized carbons (Fsp3) is 0.115. The summed E-state index contributed by atoms with van der Waals surface area (Å²) >= 11 is 3.46. The molecule has 154 valence electrons. The maximum atomic E-state index is 13.2. The lowest BCUT2D eigenvalue weighted by Crippen LogP contribution is -2.27. The molecule has 0 saturated carbocycles. The molecule has 1 heterocycles. The topological polar surface area (TPSA) is 56.3 Å². The number of rotatable bonds is 6. The van der Waals surface area contributed by atoms with Crippen molar-refractivity contribution in [2.24, 2.45) is 0 Å². The molecule has 0 aliphatic heterocycles. The Hall–Kier alpha value is -3.31. The molecular formula is C26H20BrNO3. The number of ketones is 1. The van der Waals surface area contributed by atoms with E-state index in [0.717, 1.165) is 10.0 Å². The van der Waals surface area contributed by atoms with Gasteiger partial charge < -0.3 is 4.74 Å². The van der Waals surface area contributed by atoms with E-state index >= 15 is 0 Å². The minimum atomic E-state index is -0.856. The van der Waals surface area contributed by atoms with E-state index in [1.165, 1.54) is 0 Å². The number of carbonyl (C=O) groups is 2. The summed E-state index contributed by atoms with van der Waals surface area (Å²) in [6.45, 7) is 1.83. The van der Waals surface area contributed by atoms with Gasteiger partial charge in [-0.15, -0.1) is 0 Å². The molecule has 3 aromatic carbocycles. The lowest BCUT2D eigenvalue weighted by atomic mass is 10.0. The summed E-state index contributed by atoms with van der Waals surface area (Å²) in [6, 6.07) is 25.8. The average Bonchev–Trinajstić information content (AvgIpc) is 2.82. The maximum Gasteiger partial charge on any atom is 0.339 e. The second-order valence-electron chi connectivity index (χ2n) is 7.12. The van der Waals surface area contributed by atoms with Crippen LogP contribution in [-0.2, 0) is 4.74 Å². The van der Waals surface area contributed by atoms with Gasteiger partial charge in [0.25, 0.3) is 0 Å². The minimum Gasteiger partial charge on any atom is -0.450 e. The summed E-state index contributed by atoms with van der Waals surface area (Å²) in [6.07, 6.45) is -0.469. The van der Waals surface area contributed by atoms with Gasteiger partial charge in [0.05, 0.1) is 16.8 Å². The highest BCUT2D eigenvalue weighted by Crippen LogP contribution is 2.28. The van der Waals surface area contributed by atoms with Crippen molar-refractivity contribution >= 4 is 38.6 Å². The predicted molar refractivity (Wildman–Crippen MR) is 125 cm³/mol. The Morgan fingerprint density at radius 1 is 0.935 bits per heavy atom. The molecule has 5 heteroatoms. The van der Waals surface area contributed by atoms with Gasteiger partial charge in [-0.1, -0.05) is 83.5 Å². The first-order valence-electron chi connectivity index (χ1n) is 10.0. The average molecular weight is 474 g/mol. The van der Waals surface area contributed by atoms with Crippen LogP contribution in [0.3, 0.4) is 0 Å². The molecule has 4 nitrogen and oxygen atoms in total. The molecule has 1 aromatic heterocycles. The molecule has 1 atom stereocenters. The Morgan fingerprint density at radius 2 is 1.61 bits per heavy atom. The van der Waals surface area contributed by atoms with Crippen LogP contribution < -0.4 is 0 Å². The molecule has 0 radical (unpaired) electrons. The lowest BCUT2D eigenvalue weighted by Gasteiger charge is -2.17. The molecule has 4 aromatic rings. The number of benzene rings is 3. The van der Waals surface area contributed by atoms with Crippen molar-refractivity contribution in [3.05, 3.63) is 101 Å². The van der Waals surface area contributed by atoms with Crippen molar-refractivity contribution in [2.45, 2.75) is 19.4 Å². The number of aromatic nitrogens is 1. The van der Waals surface area contributed by atoms with Gasteiger partial charge in [-0.2, -0.15) is 0 Å². The van der Waals surface area contributed by atoms with E-state index in [-0.39, 0.29) is 5.78 Å². The van der Waals surface area contributed by atoms with Gasteiger partial charge in [0, 0.05) is 21.0 Å². The molecule has 0 saturated heterocycles. The lowest BCUT2D eigenvalue weighted by molar-refractivity contribution is 0.0279. The van der Waals surface area contributed by atoms with E-state index in [1.807, 2.05) is 61.5 Å². The Labute approximate surface area is 189 Å². The molecule has 31 heavy (non-hydrogen) atoms. The molecule has 0 unspecified atom stereocenters. The Morgan fingerprint density at radius 3 is 2.29 bits per heavy atom. The first kappa shape index (κ1) is 20.9. The summed E-state index contributed by atoms with van der Waals surface area (Å²) < 4.78 is 6.54. The van der Waals surface area contributed by atoms with Crippen molar-refractivity contribution in [3.8, 4) is 11.3 Å². The third-order valence-electron chi connectivity index (χ3n) is 5.03. The number of pyridine rings is 1. The van der Waals surface area contributed by atoms with Gasteiger partial charge in [0.2, 0.25) is 5.78 Å². The van der Waals surface area contributed by atoms with Crippen LogP contribution in [0.5, 0.6) is 0 Å². The van der Waals surface area contributed by atoms with Gasteiger partial charge in [-0.05, 0) is 30.7 Å². The standard InChI is InChI=1S/C26H20BrNO3/c1-2-24(25(29)18-11-7-4-8-12-18)31-26(30)21-16-23(17-9-5-3-6-10-17)28-22-14-13-19(27)15-20(21)22/h3-16,24H,2H2,1H3/t24-/m0/s1. The minimum absolute atomic E-state index is 0.209. The summed E-state index contributed by atoms with van der Waals surface area (Å²) in [7, 11) is 0. The number of halogens is 1. The molecule has 0 N–H and O–H groups in total. The van der Waals surface area contributed by atoms with Gasteiger partial charge in [0.1, 0.15) is 0 Å². The number of esters is 1. The zero-order chi connectivity index (χ0) is 21.8. The highest BCUT2D eigenvalue weighted by atomic mass is 79.9. The first-order valence-corrected chi connectivity index (χ1v) is 10.8. The second-order valence-corrected chi connectivity index (χ2v) is 8.03. The number of ether oxygens (including phenoxy) is 1. The summed E-state index contributed by atoms with van der Waals surface area (Å²) in [5, 5.41) is 0.668. The molecule has 0 spiro atoms. The van der Waals surface area contributed by atoms with Crippen LogP contribution in [0.25, 0.3) is 22.2 Å². The van der Waals surface area contributed by atoms with E-state index in [2.05, 4.69) is 15.9 Å². The van der Waals surface area contributed by atoms with E-state index < -0.39 is 12.1 Å². The number of nitrogens with zero attached hydrogens (tertiary/aromatic N) is 1. The molecule has 4 rings (SSSR count). The van der Waals surface area contributed by atoms with Gasteiger partial charge >= 0.3 is 5.97 Å². The predicted octanol–water partition coefficient (Wildman–Crippen LogP) is 6.48. The molecular weight excluding hydrogens is 454 g/mol. The normalized spacial score (nSPS) is 11.8. The monoisotopic (exact) mass is 473 g/mol. The quantitative estimate of drug-likeness (QED) is 0.237. The maximum absolute atomic E-state index is 13.2. The largest absolute Gasteiger partial charge is 0.450 e. The first-order chi connectivity index (χ1) is 15.1. The van der Waals surface area contributed by atoms with E-state index in [1.54, 1.807) is 30.3 Å². The fourth-order valence-electron chi connectivity index (χ4n) is 3.43. The van der Waals surface area contributed by atoms with Crippen molar-refractivity contribution in [1.82, 2.24) is 4.98 Å². The van der Waals surface area contributed by atoms with Gasteiger partial charge in [0.15, 0.2) is 6.10 Å². The number of Topliss-reactive ketones (excluding diaryl/α,β-unsaturated/α-hetero) is 1. The molecule has 0 bridgehead atoms. The Bertz CT molecular complexity index is 1240. The zero-order valence-electron chi connectivity index (χ0n) is 16.9. The summed E-state index contributed by atoms with van der Waals surface area (Å²) in [4.78, 5) is 30.8. The SMILES string of the molecule is CC[C@H](OC(=O)c1cc(-c2ccccc2)nc2ccc(Br)cc12)C(=O)c1ccccc1. The van der Waals surface area contributed by atoms with Crippen LogP contribution in [0, 0.1) is 0 Å². The van der Waals surface area contributed by atoms with Gasteiger partial charge in [-0.3, -0.25) is 4.79 Å². The van der Waals surface area contributed by atoms with Crippen LogP contribution in [0.1, 0.15) is 34.1 Å². The smallest absolute Gasteiger partial charge is 0.339 e. The fourth-order valence-corrected chi connectivity index (χ4v) is 3.79. The van der Waals surface area contributed by atoms with Gasteiger partial charge in [-0.25, -0.2) is 9.78 Å². The highest BCUT2D eigenvalue weighted by Gasteiger charge is 2.25. The van der Waals surface area contributed by atoms with Crippen molar-refractivity contribution in [2.75, 3.05) is 0 Å². The van der Waals surface area contributed by atoms with Crippen LogP contribution in [0.4, 0.5) is 0 Å². The number of hydrogen-bond donors (Lipinski definition) is 0.